The van der Waals surface area contributed by atoms with Gasteiger partial charge in [-0.3, -0.25) is 4.79 Å². The van der Waals surface area contributed by atoms with Gasteiger partial charge in [0.2, 0.25) is 0 Å². The lowest BCUT2D eigenvalue weighted by atomic mass is 10.1. The van der Waals surface area contributed by atoms with E-state index < -0.39 is 0 Å². The van der Waals surface area contributed by atoms with Crippen LogP contribution in [0.4, 0.5) is 0 Å². The van der Waals surface area contributed by atoms with Crippen LogP contribution in [0.25, 0.3) is 0 Å². The SMILES string of the molecule is CC(C)C(=O)CSCCN(C)C. The molecular formula is C9H19NOS. The number of thioether (sulfide) groups is 1. The Morgan fingerprint density at radius 1 is 1.42 bits per heavy atom. The van der Waals surface area contributed by atoms with Crippen molar-refractivity contribution in [1.29, 1.82) is 0 Å². The Bertz CT molecular complexity index is 134. The summed E-state index contributed by atoms with van der Waals surface area (Å²) < 4.78 is 0. The van der Waals surface area contributed by atoms with Crippen molar-refractivity contribution < 1.29 is 4.79 Å². The number of nitrogens with zero attached hydrogens (tertiary/aromatic N) is 1. The number of hydrogen-bond donors (Lipinski definition) is 0. The summed E-state index contributed by atoms with van der Waals surface area (Å²) in [6.07, 6.45) is 0. The van der Waals surface area contributed by atoms with Crippen LogP contribution >= 0.6 is 11.8 Å². The van der Waals surface area contributed by atoms with Crippen molar-refractivity contribution in [3.8, 4) is 0 Å². The average Bonchev–Trinajstić information content (AvgIpc) is 1.97. The van der Waals surface area contributed by atoms with Crippen molar-refractivity contribution in [2.24, 2.45) is 5.92 Å². The molecule has 0 N–H and O–H groups in total. The highest BCUT2D eigenvalue weighted by Crippen LogP contribution is 2.04. The van der Waals surface area contributed by atoms with E-state index in [-0.39, 0.29) is 5.92 Å². The van der Waals surface area contributed by atoms with Gasteiger partial charge in [-0.15, -0.1) is 0 Å². The van der Waals surface area contributed by atoms with Crippen molar-refractivity contribution in [2.45, 2.75) is 13.8 Å². The van der Waals surface area contributed by atoms with Crippen molar-refractivity contribution in [1.82, 2.24) is 4.90 Å². The normalized spacial score (nSPS) is 11.2. The second-order valence-corrected chi connectivity index (χ2v) is 4.58. The first-order valence-electron chi connectivity index (χ1n) is 4.29. The fourth-order valence-electron chi connectivity index (χ4n) is 0.587. The molecule has 0 spiro atoms. The highest BCUT2D eigenvalue weighted by atomic mass is 32.2. The van der Waals surface area contributed by atoms with E-state index in [9.17, 15) is 4.79 Å². The van der Waals surface area contributed by atoms with E-state index in [0.717, 1.165) is 12.3 Å². The van der Waals surface area contributed by atoms with Gasteiger partial charge >= 0.3 is 0 Å². The summed E-state index contributed by atoms with van der Waals surface area (Å²) in [5, 5.41) is 0. The fourth-order valence-corrected chi connectivity index (χ4v) is 1.76. The molecule has 0 aromatic rings. The number of hydrogen-bond acceptors (Lipinski definition) is 3. The average molecular weight is 189 g/mol. The Balaban J connectivity index is 3.26. The van der Waals surface area contributed by atoms with E-state index in [1.54, 1.807) is 11.8 Å². The van der Waals surface area contributed by atoms with Gasteiger partial charge in [0.15, 0.2) is 0 Å². The molecule has 0 heterocycles. The Kier molecular flexibility index (Phi) is 6.48. The van der Waals surface area contributed by atoms with Gasteiger partial charge in [-0.05, 0) is 14.1 Å². The highest BCUT2D eigenvalue weighted by molar-refractivity contribution is 7.99. The summed E-state index contributed by atoms with van der Waals surface area (Å²) >= 11 is 1.73. The largest absolute Gasteiger partial charge is 0.309 e. The molecule has 0 amide bonds. The first kappa shape index (κ1) is 12.0. The maximum Gasteiger partial charge on any atom is 0.145 e. The standard InChI is InChI=1S/C9H19NOS/c1-8(2)9(11)7-12-6-5-10(3)4/h8H,5-7H2,1-4H3. The quantitative estimate of drug-likeness (QED) is 0.591. The van der Waals surface area contributed by atoms with Crippen LogP contribution in [0.2, 0.25) is 0 Å². The summed E-state index contributed by atoms with van der Waals surface area (Å²) in [4.78, 5) is 13.3. The van der Waals surface area contributed by atoms with Crippen molar-refractivity contribution in [2.75, 3.05) is 32.1 Å². The van der Waals surface area contributed by atoms with Gasteiger partial charge in [0.05, 0.1) is 5.75 Å². The zero-order valence-electron chi connectivity index (χ0n) is 8.46. The third-order valence-electron chi connectivity index (χ3n) is 1.57. The molecule has 0 aliphatic heterocycles. The van der Waals surface area contributed by atoms with Gasteiger partial charge in [0.25, 0.3) is 0 Å². The predicted octanol–water partition coefficient (Wildman–Crippen LogP) is 1.51. The van der Waals surface area contributed by atoms with E-state index in [0.29, 0.717) is 11.5 Å². The molecule has 0 saturated heterocycles. The van der Waals surface area contributed by atoms with Crippen LogP contribution in [0.3, 0.4) is 0 Å². The van der Waals surface area contributed by atoms with Gasteiger partial charge < -0.3 is 4.90 Å². The summed E-state index contributed by atoms with van der Waals surface area (Å²) in [5.41, 5.74) is 0. The molecule has 3 heteroatoms. The Hall–Kier alpha value is -0.0200. The lowest BCUT2D eigenvalue weighted by Crippen LogP contribution is -2.16. The van der Waals surface area contributed by atoms with Gasteiger partial charge in [-0.25, -0.2) is 0 Å². The molecule has 12 heavy (non-hydrogen) atoms. The molecule has 2 nitrogen and oxygen atoms in total. The molecule has 0 fully saturated rings. The zero-order chi connectivity index (χ0) is 9.56. The van der Waals surface area contributed by atoms with Crippen LogP contribution in [0.15, 0.2) is 0 Å². The third kappa shape index (κ3) is 6.68. The smallest absolute Gasteiger partial charge is 0.145 e. The van der Waals surface area contributed by atoms with Crippen LogP contribution in [-0.4, -0.2) is 42.8 Å². The van der Waals surface area contributed by atoms with E-state index in [1.807, 2.05) is 27.9 Å². The molecule has 0 radical (unpaired) electrons. The Labute approximate surface area is 79.7 Å². The van der Waals surface area contributed by atoms with E-state index in [2.05, 4.69) is 4.90 Å². The third-order valence-corrected chi connectivity index (χ3v) is 2.53. The monoisotopic (exact) mass is 189 g/mol. The second kappa shape index (κ2) is 6.49. The number of ketones is 1. The lowest BCUT2D eigenvalue weighted by molar-refractivity contribution is -0.119. The van der Waals surface area contributed by atoms with Gasteiger partial charge in [0.1, 0.15) is 5.78 Å². The number of carbonyl (C=O) groups excluding carboxylic acids is 1. The van der Waals surface area contributed by atoms with Crippen LogP contribution in [-0.2, 0) is 4.79 Å². The van der Waals surface area contributed by atoms with E-state index in [4.69, 9.17) is 0 Å². The van der Waals surface area contributed by atoms with Crippen LogP contribution in [0.1, 0.15) is 13.8 Å². The summed E-state index contributed by atoms with van der Waals surface area (Å²) in [5.74, 6) is 2.27. The highest BCUT2D eigenvalue weighted by Gasteiger charge is 2.06. The molecule has 0 rings (SSSR count). The Morgan fingerprint density at radius 2 is 2.00 bits per heavy atom. The zero-order valence-corrected chi connectivity index (χ0v) is 9.28. The fraction of sp³-hybridized carbons (Fsp3) is 0.889. The Morgan fingerprint density at radius 3 is 2.42 bits per heavy atom. The van der Waals surface area contributed by atoms with E-state index >= 15 is 0 Å². The number of rotatable bonds is 6. The van der Waals surface area contributed by atoms with Crippen LogP contribution in [0.5, 0.6) is 0 Å². The van der Waals surface area contributed by atoms with Crippen molar-refractivity contribution >= 4 is 17.5 Å². The molecular weight excluding hydrogens is 170 g/mol. The topological polar surface area (TPSA) is 20.3 Å². The minimum Gasteiger partial charge on any atom is -0.309 e. The van der Waals surface area contributed by atoms with Crippen LogP contribution < -0.4 is 0 Å². The van der Waals surface area contributed by atoms with Gasteiger partial charge in [-0.1, -0.05) is 13.8 Å². The predicted molar refractivity (Wildman–Crippen MR) is 55.7 cm³/mol. The number of Topliss-reactive ketones (excluding diaryl/α,β-unsaturated/α-hetero) is 1. The first-order chi connectivity index (χ1) is 5.54. The molecule has 0 unspecified atom stereocenters. The van der Waals surface area contributed by atoms with E-state index in [1.165, 1.54) is 0 Å². The number of carbonyl (C=O) groups is 1. The second-order valence-electron chi connectivity index (χ2n) is 3.48. The molecule has 0 aliphatic carbocycles. The minimum absolute atomic E-state index is 0.192. The molecule has 0 saturated carbocycles. The molecule has 0 aliphatic rings. The van der Waals surface area contributed by atoms with Crippen LogP contribution in [0, 0.1) is 5.92 Å². The molecule has 0 atom stereocenters. The minimum atomic E-state index is 0.192. The lowest BCUT2D eigenvalue weighted by Gasteiger charge is -2.08. The van der Waals surface area contributed by atoms with Crippen molar-refractivity contribution in [3.63, 3.8) is 0 Å². The maximum atomic E-state index is 11.2. The van der Waals surface area contributed by atoms with Gasteiger partial charge in [-0.2, -0.15) is 11.8 Å². The molecule has 0 bridgehead atoms. The first-order valence-corrected chi connectivity index (χ1v) is 5.44. The molecule has 0 aromatic heterocycles. The van der Waals surface area contributed by atoms with Gasteiger partial charge in [0, 0.05) is 18.2 Å². The molecule has 72 valence electrons. The summed E-state index contributed by atoms with van der Waals surface area (Å²) in [6, 6.07) is 0. The molecule has 0 aromatic carbocycles. The summed E-state index contributed by atoms with van der Waals surface area (Å²) in [7, 11) is 4.09. The maximum absolute atomic E-state index is 11.2. The van der Waals surface area contributed by atoms with Crippen molar-refractivity contribution in [3.05, 3.63) is 0 Å². The summed E-state index contributed by atoms with van der Waals surface area (Å²) in [6.45, 7) is 4.96.